The van der Waals surface area contributed by atoms with E-state index in [1.807, 2.05) is 26.0 Å². The standard InChI is InChI=1S/C16H22ClNO3/c1-11-9-13(10-12(2)14(11)17)21-16(3,4)15(19)18-5-7-20-8-6-18/h9-10H,5-8H2,1-4H3. The number of halogens is 1. The second-order valence-corrected chi connectivity index (χ2v) is 6.27. The largest absolute Gasteiger partial charge is 0.478 e. The second kappa shape index (κ2) is 6.24. The van der Waals surface area contributed by atoms with Gasteiger partial charge in [-0.15, -0.1) is 0 Å². The van der Waals surface area contributed by atoms with E-state index in [2.05, 4.69) is 0 Å². The summed E-state index contributed by atoms with van der Waals surface area (Å²) in [4.78, 5) is 14.4. The summed E-state index contributed by atoms with van der Waals surface area (Å²) in [6, 6.07) is 3.73. The van der Waals surface area contributed by atoms with Crippen molar-refractivity contribution in [2.24, 2.45) is 0 Å². The van der Waals surface area contributed by atoms with E-state index in [1.54, 1.807) is 18.7 Å². The highest BCUT2D eigenvalue weighted by molar-refractivity contribution is 6.32. The molecular formula is C16H22ClNO3. The summed E-state index contributed by atoms with van der Waals surface area (Å²) < 4.78 is 11.2. The highest BCUT2D eigenvalue weighted by atomic mass is 35.5. The number of amides is 1. The molecule has 0 aromatic heterocycles. The van der Waals surface area contributed by atoms with Crippen molar-refractivity contribution in [1.29, 1.82) is 0 Å². The molecule has 0 saturated carbocycles. The van der Waals surface area contributed by atoms with Crippen molar-refractivity contribution in [1.82, 2.24) is 4.90 Å². The number of aryl methyl sites for hydroxylation is 2. The minimum Gasteiger partial charge on any atom is -0.478 e. The van der Waals surface area contributed by atoms with Crippen molar-refractivity contribution in [3.05, 3.63) is 28.3 Å². The van der Waals surface area contributed by atoms with Crippen LogP contribution in [0, 0.1) is 13.8 Å². The molecule has 0 atom stereocenters. The summed E-state index contributed by atoms with van der Waals surface area (Å²) in [7, 11) is 0. The SMILES string of the molecule is Cc1cc(OC(C)(C)C(=O)N2CCOCC2)cc(C)c1Cl. The predicted octanol–water partition coefficient (Wildman–Crippen LogP) is 2.97. The molecule has 116 valence electrons. The maximum Gasteiger partial charge on any atom is 0.266 e. The van der Waals surface area contributed by atoms with E-state index in [4.69, 9.17) is 21.1 Å². The van der Waals surface area contributed by atoms with E-state index in [0.29, 0.717) is 32.1 Å². The maximum absolute atomic E-state index is 12.6. The van der Waals surface area contributed by atoms with Crippen LogP contribution in [0.5, 0.6) is 5.75 Å². The van der Waals surface area contributed by atoms with Crippen LogP contribution in [-0.2, 0) is 9.53 Å². The molecule has 1 heterocycles. The molecule has 1 saturated heterocycles. The van der Waals surface area contributed by atoms with Crippen LogP contribution in [-0.4, -0.2) is 42.7 Å². The Balaban J connectivity index is 2.14. The van der Waals surface area contributed by atoms with Gasteiger partial charge >= 0.3 is 0 Å². The molecule has 1 aliphatic rings. The topological polar surface area (TPSA) is 38.8 Å². The molecule has 1 aromatic carbocycles. The molecule has 1 aromatic rings. The van der Waals surface area contributed by atoms with Gasteiger partial charge in [0.1, 0.15) is 5.75 Å². The van der Waals surface area contributed by atoms with Crippen LogP contribution in [0.25, 0.3) is 0 Å². The molecule has 4 nitrogen and oxygen atoms in total. The Bertz CT molecular complexity index is 513. The zero-order valence-corrected chi connectivity index (χ0v) is 13.8. The molecule has 1 aliphatic heterocycles. The summed E-state index contributed by atoms with van der Waals surface area (Å²) in [6.45, 7) is 9.85. The van der Waals surface area contributed by atoms with Gasteiger partial charge in [-0.3, -0.25) is 4.79 Å². The number of hydrogen-bond donors (Lipinski definition) is 0. The van der Waals surface area contributed by atoms with Crippen LogP contribution in [0.1, 0.15) is 25.0 Å². The van der Waals surface area contributed by atoms with E-state index in [9.17, 15) is 4.79 Å². The maximum atomic E-state index is 12.6. The van der Waals surface area contributed by atoms with Gasteiger partial charge in [0.05, 0.1) is 13.2 Å². The van der Waals surface area contributed by atoms with E-state index in [1.165, 1.54) is 0 Å². The Kier molecular flexibility index (Phi) is 4.79. The predicted molar refractivity (Wildman–Crippen MR) is 83.0 cm³/mol. The van der Waals surface area contributed by atoms with Crippen molar-refractivity contribution in [2.75, 3.05) is 26.3 Å². The second-order valence-electron chi connectivity index (χ2n) is 5.89. The van der Waals surface area contributed by atoms with E-state index >= 15 is 0 Å². The third-order valence-corrected chi connectivity index (χ3v) is 4.19. The van der Waals surface area contributed by atoms with Gasteiger partial charge in [0.2, 0.25) is 0 Å². The first-order valence-corrected chi connectivity index (χ1v) is 7.52. The smallest absolute Gasteiger partial charge is 0.266 e. The number of rotatable bonds is 3. The van der Waals surface area contributed by atoms with Crippen molar-refractivity contribution in [3.63, 3.8) is 0 Å². The van der Waals surface area contributed by atoms with E-state index in [0.717, 1.165) is 16.1 Å². The highest BCUT2D eigenvalue weighted by Gasteiger charge is 2.35. The number of hydrogen-bond acceptors (Lipinski definition) is 3. The lowest BCUT2D eigenvalue weighted by molar-refractivity contribution is -0.149. The number of carbonyl (C=O) groups is 1. The Labute approximate surface area is 131 Å². The lowest BCUT2D eigenvalue weighted by Crippen LogP contribution is -2.52. The van der Waals surface area contributed by atoms with Crippen molar-refractivity contribution >= 4 is 17.5 Å². The van der Waals surface area contributed by atoms with Gasteiger partial charge in [0.25, 0.3) is 5.91 Å². The molecule has 0 radical (unpaired) electrons. The van der Waals surface area contributed by atoms with Crippen molar-refractivity contribution in [3.8, 4) is 5.75 Å². The zero-order valence-electron chi connectivity index (χ0n) is 13.0. The Morgan fingerprint density at radius 3 is 2.29 bits per heavy atom. The summed E-state index contributed by atoms with van der Waals surface area (Å²) in [5.41, 5.74) is 0.979. The average molecular weight is 312 g/mol. The van der Waals surface area contributed by atoms with Crippen molar-refractivity contribution < 1.29 is 14.3 Å². The van der Waals surface area contributed by atoms with Gasteiger partial charge in [0.15, 0.2) is 5.60 Å². The van der Waals surface area contributed by atoms with Crippen LogP contribution in [0.2, 0.25) is 5.02 Å². The van der Waals surface area contributed by atoms with Gasteiger partial charge in [-0.25, -0.2) is 0 Å². The van der Waals surface area contributed by atoms with Gasteiger partial charge in [-0.2, -0.15) is 0 Å². The molecular weight excluding hydrogens is 290 g/mol. The summed E-state index contributed by atoms with van der Waals surface area (Å²) in [6.07, 6.45) is 0. The number of ether oxygens (including phenoxy) is 2. The average Bonchev–Trinajstić information content (AvgIpc) is 2.44. The fourth-order valence-corrected chi connectivity index (χ4v) is 2.56. The monoisotopic (exact) mass is 311 g/mol. The summed E-state index contributed by atoms with van der Waals surface area (Å²) in [5, 5.41) is 0.736. The van der Waals surface area contributed by atoms with Crippen LogP contribution < -0.4 is 4.74 Å². The minimum absolute atomic E-state index is 0.0175. The van der Waals surface area contributed by atoms with E-state index < -0.39 is 5.60 Å². The molecule has 0 bridgehead atoms. The molecule has 0 N–H and O–H groups in total. The number of morpholine rings is 1. The van der Waals surface area contributed by atoms with E-state index in [-0.39, 0.29) is 5.91 Å². The fraction of sp³-hybridized carbons (Fsp3) is 0.562. The third kappa shape index (κ3) is 3.69. The summed E-state index contributed by atoms with van der Waals surface area (Å²) in [5.74, 6) is 0.650. The molecule has 2 rings (SSSR count). The third-order valence-electron chi connectivity index (χ3n) is 3.60. The minimum atomic E-state index is -0.913. The van der Waals surface area contributed by atoms with Crippen LogP contribution >= 0.6 is 11.6 Å². The van der Waals surface area contributed by atoms with Crippen LogP contribution in [0.15, 0.2) is 12.1 Å². The lowest BCUT2D eigenvalue weighted by atomic mass is 10.1. The Hall–Kier alpha value is -1.26. The first kappa shape index (κ1) is 16.1. The van der Waals surface area contributed by atoms with Crippen molar-refractivity contribution in [2.45, 2.75) is 33.3 Å². The number of nitrogens with zero attached hydrogens (tertiary/aromatic N) is 1. The van der Waals surface area contributed by atoms with Gasteiger partial charge < -0.3 is 14.4 Å². The molecule has 0 spiro atoms. The van der Waals surface area contributed by atoms with Crippen LogP contribution in [0.3, 0.4) is 0 Å². The van der Waals surface area contributed by atoms with Crippen LogP contribution in [0.4, 0.5) is 0 Å². The number of benzene rings is 1. The molecule has 0 unspecified atom stereocenters. The molecule has 1 fully saturated rings. The van der Waals surface area contributed by atoms with Gasteiger partial charge in [0, 0.05) is 18.1 Å². The molecule has 0 aliphatic carbocycles. The van der Waals surface area contributed by atoms with Gasteiger partial charge in [-0.05, 0) is 51.0 Å². The first-order valence-electron chi connectivity index (χ1n) is 7.14. The summed E-state index contributed by atoms with van der Waals surface area (Å²) >= 11 is 6.16. The zero-order chi connectivity index (χ0) is 15.6. The highest BCUT2D eigenvalue weighted by Crippen LogP contribution is 2.28. The molecule has 21 heavy (non-hydrogen) atoms. The number of carbonyl (C=O) groups excluding carboxylic acids is 1. The fourth-order valence-electron chi connectivity index (χ4n) is 2.45. The normalized spacial score (nSPS) is 16.0. The Morgan fingerprint density at radius 2 is 1.76 bits per heavy atom. The molecule has 1 amide bonds. The lowest BCUT2D eigenvalue weighted by Gasteiger charge is -2.34. The molecule has 5 heteroatoms. The first-order chi connectivity index (χ1) is 9.81. The quantitative estimate of drug-likeness (QED) is 0.861. The van der Waals surface area contributed by atoms with Gasteiger partial charge in [-0.1, -0.05) is 11.6 Å². The Morgan fingerprint density at radius 1 is 1.24 bits per heavy atom.